The van der Waals surface area contributed by atoms with Crippen LogP contribution in [-0.4, -0.2) is 31.7 Å². The van der Waals surface area contributed by atoms with Crippen molar-refractivity contribution in [2.24, 2.45) is 5.92 Å². The second-order valence-corrected chi connectivity index (χ2v) is 8.87. The summed E-state index contributed by atoms with van der Waals surface area (Å²) in [4.78, 5) is 26.5. The van der Waals surface area contributed by atoms with Gasteiger partial charge in [0.15, 0.2) is 11.5 Å². The fourth-order valence-corrected chi connectivity index (χ4v) is 3.84. The van der Waals surface area contributed by atoms with E-state index in [-0.39, 0.29) is 11.8 Å². The largest absolute Gasteiger partial charge is 0.492 e. The molecule has 6 nitrogen and oxygen atoms in total. The van der Waals surface area contributed by atoms with E-state index in [1.807, 2.05) is 62.4 Å². The molecule has 0 unspecified atom stereocenters. The maximum absolute atomic E-state index is 13.3. The fraction of sp³-hybridized carbons (Fsp3) is 0.333. The van der Waals surface area contributed by atoms with Gasteiger partial charge in [0.25, 0.3) is 0 Å². The molecule has 1 aliphatic heterocycles. The number of nitrogens with zero attached hydrogens (tertiary/aromatic N) is 1. The van der Waals surface area contributed by atoms with E-state index in [0.717, 1.165) is 35.2 Å². The number of benzene rings is 2. The number of methoxy groups -OCH3 is 2. The second-order valence-electron chi connectivity index (χ2n) is 8.87. The molecule has 0 radical (unpaired) electrons. The van der Waals surface area contributed by atoms with E-state index in [0.29, 0.717) is 18.0 Å². The van der Waals surface area contributed by atoms with Gasteiger partial charge in [0.1, 0.15) is 5.60 Å². The summed E-state index contributed by atoms with van der Waals surface area (Å²) in [6.45, 7) is 4.34. The molecule has 0 bridgehead atoms. The van der Waals surface area contributed by atoms with Crippen molar-refractivity contribution in [2.45, 2.75) is 38.8 Å². The molecule has 1 saturated carbocycles. The minimum atomic E-state index is -0.442. The molecule has 1 heterocycles. The van der Waals surface area contributed by atoms with E-state index in [9.17, 15) is 9.59 Å². The Hall–Kier alpha value is -3.54. The molecule has 0 saturated heterocycles. The molecule has 172 valence electrons. The van der Waals surface area contributed by atoms with Crippen molar-refractivity contribution in [3.8, 4) is 11.5 Å². The van der Waals surface area contributed by atoms with Gasteiger partial charge in [0, 0.05) is 28.8 Å². The Morgan fingerprint density at radius 2 is 1.97 bits per heavy atom. The summed E-state index contributed by atoms with van der Waals surface area (Å²) in [6.07, 6.45) is 8.91. The van der Waals surface area contributed by atoms with Gasteiger partial charge in [-0.15, -0.1) is 0 Å². The number of ether oxygens (including phenoxy) is 3. The highest BCUT2D eigenvalue weighted by Crippen LogP contribution is 2.42. The van der Waals surface area contributed by atoms with Crippen molar-refractivity contribution >= 4 is 29.7 Å². The van der Waals surface area contributed by atoms with Gasteiger partial charge in [-0.25, -0.2) is 4.79 Å². The predicted octanol–water partition coefficient (Wildman–Crippen LogP) is 5.01. The number of carbonyl (C=O) groups is 2. The molecule has 6 heteroatoms. The van der Waals surface area contributed by atoms with Crippen LogP contribution in [0.4, 0.5) is 5.69 Å². The van der Waals surface area contributed by atoms with Crippen molar-refractivity contribution in [2.75, 3.05) is 19.1 Å². The molecule has 0 aromatic heterocycles. The summed E-state index contributed by atoms with van der Waals surface area (Å²) in [5.74, 6) is 1.03. The Balaban J connectivity index is 1.69. The zero-order valence-electron chi connectivity index (χ0n) is 19.5. The van der Waals surface area contributed by atoms with Crippen LogP contribution in [0.3, 0.4) is 0 Å². The lowest BCUT2D eigenvalue weighted by Gasteiger charge is -2.31. The molecule has 2 aromatic rings. The quantitative estimate of drug-likeness (QED) is 0.441. The summed E-state index contributed by atoms with van der Waals surface area (Å²) in [5.41, 5.74) is 2.94. The topological polar surface area (TPSA) is 65.1 Å². The van der Waals surface area contributed by atoms with Crippen LogP contribution in [0, 0.1) is 5.92 Å². The average molecular weight is 448 g/mol. The first-order valence-electron chi connectivity index (χ1n) is 11.1. The maximum Gasteiger partial charge on any atom is 0.330 e. The highest BCUT2D eigenvalue weighted by Gasteiger charge is 2.35. The average Bonchev–Trinajstić information content (AvgIpc) is 3.65. The summed E-state index contributed by atoms with van der Waals surface area (Å²) >= 11 is 0. The molecular formula is C27H29NO5. The first-order valence-corrected chi connectivity index (χ1v) is 11.1. The highest BCUT2D eigenvalue weighted by molar-refractivity contribution is 5.97. The van der Waals surface area contributed by atoms with Gasteiger partial charge in [-0.1, -0.05) is 30.3 Å². The van der Waals surface area contributed by atoms with Crippen LogP contribution in [0.1, 0.15) is 43.4 Å². The minimum Gasteiger partial charge on any atom is -0.492 e. The molecule has 1 aliphatic carbocycles. The van der Waals surface area contributed by atoms with Crippen molar-refractivity contribution in [3.05, 3.63) is 65.2 Å². The van der Waals surface area contributed by atoms with Gasteiger partial charge in [0.2, 0.25) is 5.91 Å². The molecule has 0 atom stereocenters. The van der Waals surface area contributed by atoms with Crippen molar-refractivity contribution in [1.29, 1.82) is 0 Å². The Labute approximate surface area is 194 Å². The second kappa shape index (κ2) is 9.14. The van der Waals surface area contributed by atoms with Crippen LogP contribution in [0.5, 0.6) is 11.5 Å². The van der Waals surface area contributed by atoms with Crippen LogP contribution in [0.25, 0.3) is 12.2 Å². The van der Waals surface area contributed by atoms with Crippen LogP contribution < -0.4 is 14.4 Å². The third-order valence-corrected chi connectivity index (χ3v) is 5.77. The number of amides is 1. The third-order valence-electron chi connectivity index (χ3n) is 5.77. The Morgan fingerprint density at radius 1 is 1.18 bits per heavy atom. The van der Waals surface area contributed by atoms with Crippen LogP contribution in [-0.2, 0) is 20.9 Å². The molecular weight excluding hydrogens is 418 g/mol. The molecule has 1 fully saturated rings. The van der Waals surface area contributed by atoms with Crippen LogP contribution in [0.15, 0.2) is 48.6 Å². The van der Waals surface area contributed by atoms with Crippen molar-refractivity contribution in [3.63, 3.8) is 0 Å². The third kappa shape index (κ3) is 5.11. The number of fused-ring (bicyclic) bond motifs is 1. The monoisotopic (exact) mass is 447 g/mol. The molecule has 2 aliphatic rings. The zero-order valence-corrected chi connectivity index (χ0v) is 19.5. The van der Waals surface area contributed by atoms with Gasteiger partial charge in [-0.2, -0.15) is 0 Å². The number of anilines is 1. The Kier molecular flexibility index (Phi) is 6.27. The normalized spacial score (nSPS) is 16.1. The molecule has 1 amide bonds. The summed E-state index contributed by atoms with van der Waals surface area (Å²) < 4.78 is 16.6. The fourth-order valence-electron chi connectivity index (χ4n) is 3.84. The smallest absolute Gasteiger partial charge is 0.330 e. The van der Waals surface area contributed by atoms with Gasteiger partial charge in [-0.3, -0.25) is 4.79 Å². The van der Waals surface area contributed by atoms with E-state index < -0.39 is 11.6 Å². The van der Waals surface area contributed by atoms with E-state index in [2.05, 4.69) is 4.74 Å². The highest BCUT2D eigenvalue weighted by atomic mass is 16.5. The molecule has 33 heavy (non-hydrogen) atoms. The first kappa shape index (κ1) is 22.6. The van der Waals surface area contributed by atoms with Gasteiger partial charge in [0.05, 0.1) is 20.8 Å². The van der Waals surface area contributed by atoms with E-state index in [1.165, 1.54) is 13.2 Å². The molecule has 0 N–H and O–H groups in total. The summed E-state index contributed by atoms with van der Waals surface area (Å²) in [5, 5.41) is 0. The summed E-state index contributed by atoms with van der Waals surface area (Å²) in [7, 11) is 2.96. The lowest BCUT2D eigenvalue weighted by Crippen LogP contribution is -2.32. The maximum atomic E-state index is 13.3. The predicted molar refractivity (Wildman–Crippen MR) is 128 cm³/mol. The SMILES string of the molecule is COC(=O)C=Cc1cccc(N(Cc2ccc3c(c2OC)OC(C)(C)C=C3)C(=O)C2CC2)c1. The van der Waals surface area contributed by atoms with Crippen molar-refractivity contribution < 1.29 is 23.8 Å². The first-order chi connectivity index (χ1) is 15.8. The summed E-state index contributed by atoms with van der Waals surface area (Å²) in [6, 6.07) is 11.5. The molecule has 2 aromatic carbocycles. The zero-order chi connectivity index (χ0) is 23.6. The van der Waals surface area contributed by atoms with E-state index in [1.54, 1.807) is 18.1 Å². The Morgan fingerprint density at radius 3 is 2.67 bits per heavy atom. The number of rotatable bonds is 7. The lowest BCUT2D eigenvalue weighted by molar-refractivity contribution is -0.134. The van der Waals surface area contributed by atoms with Gasteiger partial charge in [-0.05, 0) is 56.5 Å². The van der Waals surface area contributed by atoms with E-state index in [4.69, 9.17) is 9.47 Å². The standard InChI is InChI=1S/C27H29NO5/c1-27(2)15-14-19-9-12-21(24(32-4)25(19)33-27)17-28(26(30)20-10-11-20)22-7-5-6-18(16-22)8-13-23(29)31-3/h5-9,12-16,20H,10-11,17H2,1-4H3. The van der Waals surface area contributed by atoms with Crippen LogP contribution >= 0.6 is 0 Å². The number of hydrogen-bond donors (Lipinski definition) is 0. The van der Waals surface area contributed by atoms with Crippen molar-refractivity contribution in [1.82, 2.24) is 0 Å². The minimum absolute atomic E-state index is 0.0426. The Bertz CT molecular complexity index is 1130. The van der Waals surface area contributed by atoms with Gasteiger partial charge >= 0.3 is 5.97 Å². The molecule has 4 rings (SSSR count). The number of esters is 1. The molecule has 0 spiro atoms. The lowest BCUT2D eigenvalue weighted by atomic mass is 9.99. The number of hydrogen-bond acceptors (Lipinski definition) is 5. The van der Waals surface area contributed by atoms with E-state index >= 15 is 0 Å². The van der Waals surface area contributed by atoms with Crippen LogP contribution in [0.2, 0.25) is 0 Å². The number of carbonyl (C=O) groups excluding carboxylic acids is 2. The van der Waals surface area contributed by atoms with Gasteiger partial charge < -0.3 is 19.1 Å².